The van der Waals surface area contributed by atoms with Crippen LogP contribution >= 0.6 is 0 Å². The van der Waals surface area contributed by atoms with Crippen LogP contribution in [-0.2, 0) is 4.74 Å². The Bertz CT molecular complexity index is 749. The Kier molecular flexibility index (Phi) is 4.14. The number of hydrogen-bond donors (Lipinski definition) is 4. The Hall–Kier alpha value is -2.26. The lowest BCUT2D eigenvalue weighted by molar-refractivity contribution is -0.0548. The minimum atomic E-state index is -1.36. The van der Waals surface area contributed by atoms with Crippen molar-refractivity contribution in [3.63, 3.8) is 0 Å². The van der Waals surface area contributed by atoms with Crippen molar-refractivity contribution >= 4 is 5.82 Å². The third-order valence-electron chi connectivity index (χ3n) is 3.86. The fourth-order valence-electron chi connectivity index (χ4n) is 2.61. The summed E-state index contributed by atoms with van der Waals surface area (Å²) >= 11 is 0. The van der Waals surface area contributed by atoms with E-state index in [0.717, 1.165) is 10.1 Å². The van der Waals surface area contributed by atoms with Gasteiger partial charge in [0.15, 0.2) is 6.23 Å². The molecule has 0 unspecified atom stereocenters. The molecule has 0 aliphatic carbocycles. The van der Waals surface area contributed by atoms with E-state index in [1.54, 1.807) is 12.1 Å². The SMILES string of the molecule is Nc1nc(=O)n([C@@H]2O[C@H](CO)[C@H](O)[C@H]2O)cc1-c1ccccc1. The second-order valence-electron chi connectivity index (χ2n) is 5.32. The fraction of sp³-hybridized carbons (Fsp3) is 0.333. The first-order valence-corrected chi connectivity index (χ1v) is 7.09. The number of nitrogens with zero attached hydrogens (tertiary/aromatic N) is 2. The molecule has 5 N–H and O–H groups in total. The van der Waals surface area contributed by atoms with Crippen LogP contribution in [0.25, 0.3) is 11.1 Å². The summed E-state index contributed by atoms with van der Waals surface area (Å²) in [7, 11) is 0. The lowest BCUT2D eigenvalue weighted by Crippen LogP contribution is -2.36. The van der Waals surface area contributed by atoms with Gasteiger partial charge in [-0.2, -0.15) is 4.98 Å². The van der Waals surface area contributed by atoms with E-state index in [1.807, 2.05) is 18.2 Å². The fourth-order valence-corrected chi connectivity index (χ4v) is 2.61. The maximum Gasteiger partial charge on any atom is 0.351 e. The number of hydrogen-bond acceptors (Lipinski definition) is 7. The van der Waals surface area contributed by atoms with Crippen LogP contribution in [0.3, 0.4) is 0 Å². The molecule has 1 saturated heterocycles. The molecule has 8 nitrogen and oxygen atoms in total. The molecular weight excluding hydrogens is 302 g/mol. The summed E-state index contributed by atoms with van der Waals surface area (Å²) in [6.45, 7) is -0.475. The number of benzene rings is 1. The number of ether oxygens (including phenoxy) is 1. The van der Waals surface area contributed by atoms with E-state index >= 15 is 0 Å². The summed E-state index contributed by atoms with van der Waals surface area (Å²) in [5, 5.41) is 29.0. The molecule has 1 fully saturated rings. The molecule has 1 aliphatic rings. The number of nitrogens with two attached hydrogens (primary N) is 1. The standard InChI is InChI=1S/C15H17N3O5/c16-13-9(8-4-2-1-3-5-8)6-18(15(22)17-13)14-12(21)11(20)10(7-19)23-14/h1-6,10-12,14,19-21H,7H2,(H2,16,17,22)/t10-,11+,12-,14-/m1/s1. The van der Waals surface area contributed by atoms with Gasteiger partial charge < -0.3 is 25.8 Å². The molecule has 0 bridgehead atoms. The van der Waals surface area contributed by atoms with Crippen molar-refractivity contribution in [2.45, 2.75) is 24.5 Å². The van der Waals surface area contributed by atoms with E-state index in [4.69, 9.17) is 15.6 Å². The number of anilines is 1. The van der Waals surface area contributed by atoms with Crippen LogP contribution in [0, 0.1) is 0 Å². The number of rotatable bonds is 3. The molecule has 0 radical (unpaired) electrons. The highest BCUT2D eigenvalue weighted by atomic mass is 16.6. The predicted molar refractivity (Wildman–Crippen MR) is 81.4 cm³/mol. The third-order valence-corrected chi connectivity index (χ3v) is 3.86. The van der Waals surface area contributed by atoms with Gasteiger partial charge in [-0.3, -0.25) is 4.57 Å². The van der Waals surface area contributed by atoms with Gasteiger partial charge in [0.05, 0.1) is 6.61 Å². The van der Waals surface area contributed by atoms with Gasteiger partial charge in [0.25, 0.3) is 0 Å². The molecule has 8 heteroatoms. The Morgan fingerprint density at radius 3 is 2.52 bits per heavy atom. The Morgan fingerprint density at radius 1 is 1.22 bits per heavy atom. The highest BCUT2D eigenvalue weighted by Gasteiger charge is 2.43. The van der Waals surface area contributed by atoms with Crippen LogP contribution < -0.4 is 11.4 Å². The Balaban J connectivity index is 2.06. The van der Waals surface area contributed by atoms with Gasteiger partial charge in [-0.1, -0.05) is 30.3 Å². The molecule has 0 amide bonds. The molecule has 2 aromatic rings. The largest absolute Gasteiger partial charge is 0.394 e. The van der Waals surface area contributed by atoms with Crippen molar-refractivity contribution in [3.8, 4) is 11.1 Å². The number of aliphatic hydroxyl groups is 3. The average Bonchev–Trinajstić information content (AvgIpc) is 2.84. The van der Waals surface area contributed by atoms with Crippen molar-refractivity contribution in [3.05, 3.63) is 47.0 Å². The summed E-state index contributed by atoms with van der Waals surface area (Å²) in [5.74, 6) is 0.0594. The lowest BCUT2D eigenvalue weighted by atomic mass is 10.1. The molecule has 1 aromatic heterocycles. The first-order chi connectivity index (χ1) is 11.0. The second kappa shape index (κ2) is 6.09. The van der Waals surface area contributed by atoms with Crippen molar-refractivity contribution in [2.75, 3.05) is 12.3 Å². The molecular formula is C15H17N3O5. The van der Waals surface area contributed by atoms with Gasteiger partial charge in [-0.15, -0.1) is 0 Å². The van der Waals surface area contributed by atoms with Gasteiger partial charge in [0.2, 0.25) is 0 Å². The van der Waals surface area contributed by atoms with Gasteiger partial charge in [-0.25, -0.2) is 4.79 Å². The van der Waals surface area contributed by atoms with E-state index in [0.29, 0.717) is 5.56 Å². The average molecular weight is 319 g/mol. The molecule has 122 valence electrons. The molecule has 2 heterocycles. The quantitative estimate of drug-likeness (QED) is 0.577. The highest BCUT2D eigenvalue weighted by Crippen LogP contribution is 2.30. The molecule has 3 rings (SSSR count). The summed E-state index contributed by atoms with van der Waals surface area (Å²) in [5.41, 5.74) is 6.36. The first-order valence-electron chi connectivity index (χ1n) is 7.09. The van der Waals surface area contributed by atoms with Gasteiger partial charge in [-0.05, 0) is 5.56 Å². The summed E-state index contributed by atoms with van der Waals surface area (Å²) in [4.78, 5) is 15.8. The van der Waals surface area contributed by atoms with E-state index in [2.05, 4.69) is 4.98 Å². The van der Waals surface area contributed by atoms with E-state index in [9.17, 15) is 15.0 Å². The summed E-state index contributed by atoms with van der Waals surface area (Å²) in [6, 6.07) is 9.08. The molecule has 1 aromatic carbocycles. The maximum atomic E-state index is 12.1. The smallest absolute Gasteiger partial charge is 0.351 e. The minimum absolute atomic E-state index is 0.0594. The number of aromatic nitrogens is 2. The van der Waals surface area contributed by atoms with Crippen LogP contribution in [0.1, 0.15) is 6.23 Å². The number of nitrogen functional groups attached to an aromatic ring is 1. The highest BCUT2D eigenvalue weighted by molar-refractivity contribution is 5.72. The summed E-state index contributed by atoms with van der Waals surface area (Å²) in [6.07, 6.45) is -3.35. The van der Waals surface area contributed by atoms with E-state index < -0.39 is 36.8 Å². The van der Waals surface area contributed by atoms with Crippen molar-refractivity contribution in [1.29, 1.82) is 0 Å². The molecule has 4 atom stereocenters. The summed E-state index contributed by atoms with van der Waals surface area (Å²) < 4.78 is 6.44. The molecule has 1 aliphatic heterocycles. The molecule has 23 heavy (non-hydrogen) atoms. The minimum Gasteiger partial charge on any atom is -0.394 e. The molecule has 0 saturated carbocycles. The maximum absolute atomic E-state index is 12.1. The Labute approximate surface area is 131 Å². The van der Waals surface area contributed by atoms with Crippen LogP contribution in [0.5, 0.6) is 0 Å². The zero-order valence-corrected chi connectivity index (χ0v) is 12.1. The van der Waals surface area contributed by atoms with Crippen LogP contribution in [0.15, 0.2) is 41.3 Å². The van der Waals surface area contributed by atoms with Crippen molar-refractivity contribution in [1.82, 2.24) is 9.55 Å². The van der Waals surface area contributed by atoms with Gasteiger partial charge in [0, 0.05) is 11.8 Å². The monoisotopic (exact) mass is 319 g/mol. The lowest BCUT2D eigenvalue weighted by Gasteiger charge is -2.18. The predicted octanol–water partition coefficient (Wildman–Crippen LogP) is -0.896. The topological polar surface area (TPSA) is 131 Å². The third kappa shape index (κ3) is 2.73. The zero-order chi connectivity index (χ0) is 16.6. The van der Waals surface area contributed by atoms with Gasteiger partial charge >= 0.3 is 5.69 Å². The first kappa shape index (κ1) is 15.6. The van der Waals surface area contributed by atoms with E-state index in [-0.39, 0.29) is 5.82 Å². The zero-order valence-electron chi connectivity index (χ0n) is 12.1. The Morgan fingerprint density at radius 2 is 1.91 bits per heavy atom. The van der Waals surface area contributed by atoms with Gasteiger partial charge in [0.1, 0.15) is 24.1 Å². The van der Waals surface area contributed by atoms with Crippen molar-refractivity contribution < 1.29 is 20.1 Å². The normalized spacial score (nSPS) is 27.3. The van der Waals surface area contributed by atoms with Crippen molar-refractivity contribution in [2.24, 2.45) is 0 Å². The number of aliphatic hydroxyl groups excluding tert-OH is 3. The second-order valence-corrected chi connectivity index (χ2v) is 5.32. The van der Waals surface area contributed by atoms with Crippen LogP contribution in [-0.4, -0.2) is 49.8 Å². The van der Waals surface area contributed by atoms with Crippen LogP contribution in [0.4, 0.5) is 5.82 Å². The van der Waals surface area contributed by atoms with Crippen LogP contribution in [0.2, 0.25) is 0 Å². The molecule has 0 spiro atoms. The van der Waals surface area contributed by atoms with E-state index in [1.165, 1.54) is 6.20 Å².